The highest BCUT2D eigenvalue weighted by Crippen LogP contribution is 2.16. The molecule has 1 rings (SSSR count). The van der Waals surface area contributed by atoms with Crippen molar-refractivity contribution in [1.82, 2.24) is 5.32 Å². The Kier molecular flexibility index (Phi) is 4.70. The third kappa shape index (κ3) is 4.07. The van der Waals surface area contributed by atoms with E-state index in [2.05, 4.69) is 12.2 Å². The van der Waals surface area contributed by atoms with Crippen LogP contribution in [0.4, 0.5) is 0 Å². The number of rotatable bonds is 5. The van der Waals surface area contributed by atoms with Gasteiger partial charge in [0, 0.05) is 12.6 Å². The van der Waals surface area contributed by atoms with Gasteiger partial charge in [0.2, 0.25) is 0 Å². The van der Waals surface area contributed by atoms with E-state index in [1.165, 1.54) is 6.42 Å². The Balaban J connectivity index is 2.06. The van der Waals surface area contributed by atoms with Gasteiger partial charge in [0.05, 0.1) is 12.7 Å². The number of hydrogen-bond acceptors (Lipinski definition) is 3. The van der Waals surface area contributed by atoms with Crippen LogP contribution in [-0.4, -0.2) is 37.0 Å². The number of nitrogens with one attached hydrogen (secondary N) is 1. The molecule has 0 saturated carbocycles. The summed E-state index contributed by atoms with van der Waals surface area (Å²) in [5.41, 5.74) is 0. The van der Waals surface area contributed by atoms with Crippen molar-refractivity contribution in [2.45, 2.75) is 38.8 Å². The van der Waals surface area contributed by atoms with Gasteiger partial charge in [0.15, 0.2) is 0 Å². The zero-order valence-corrected chi connectivity index (χ0v) is 8.62. The Hall–Kier alpha value is -0.120. The van der Waals surface area contributed by atoms with Crippen LogP contribution < -0.4 is 5.32 Å². The first-order valence-electron chi connectivity index (χ1n) is 5.19. The Bertz CT molecular complexity index is 133. The van der Waals surface area contributed by atoms with E-state index in [-0.39, 0.29) is 6.10 Å². The Labute approximate surface area is 80.5 Å². The molecule has 1 saturated heterocycles. The van der Waals surface area contributed by atoms with Crippen molar-refractivity contribution in [1.29, 1.82) is 0 Å². The second kappa shape index (κ2) is 5.58. The van der Waals surface area contributed by atoms with Crippen LogP contribution in [0.25, 0.3) is 0 Å². The number of hydrogen-bond donors (Lipinski definition) is 2. The summed E-state index contributed by atoms with van der Waals surface area (Å²) in [5.74, 6) is 0.661. The summed E-state index contributed by atoms with van der Waals surface area (Å²) in [7, 11) is 0. The molecule has 13 heavy (non-hydrogen) atoms. The average Bonchev–Trinajstić information content (AvgIpc) is 2.55. The molecule has 0 aromatic rings. The largest absolute Gasteiger partial charge is 0.393 e. The molecule has 0 bridgehead atoms. The minimum Gasteiger partial charge on any atom is -0.393 e. The van der Waals surface area contributed by atoms with Crippen LogP contribution in [0.1, 0.15) is 26.7 Å². The Morgan fingerprint density at radius 2 is 2.31 bits per heavy atom. The maximum Gasteiger partial charge on any atom is 0.0524 e. The van der Waals surface area contributed by atoms with Crippen LogP contribution >= 0.6 is 0 Å². The number of aliphatic hydroxyl groups is 1. The molecule has 3 atom stereocenters. The van der Waals surface area contributed by atoms with Gasteiger partial charge in [-0.05, 0) is 39.2 Å². The van der Waals surface area contributed by atoms with E-state index in [9.17, 15) is 0 Å². The van der Waals surface area contributed by atoms with Gasteiger partial charge in [-0.15, -0.1) is 0 Å². The van der Waals surface area contributed by atoms with Crippen LogP contribution in [0.5, 0.6) is 0 Å². The highest BCUT2D eigenvalue weighted by molar-refractivity contribution is 4.75. The molecular weight excluding hydrogens is 166 g/mol. The van der Waals surface area contributed by atoms with E-state index >= 15 is 0 Å². The van der Waals surface area contributed by atoms with Gasteiger partial charge < -0.3 is 15.2 Å². The molecule has 3 nitrogen and oxygen atoms in total. The molecule has 2 N–H and O–H groups in total. The third-order valence-electron chi connectivity index (χ3n) is 2.70. The predicted molar refractivity (Wildman–Crippen MR) is 52.7 cm³/mol. The van der Waals surface area contributed by atoms with Crippen molar-refractivity contribution >= 4 is 0 Å². The molecule has 0 amide bonds. The van der Waals surface area contributed by atoms with Gasteiger partial charge in [-0.3, -0.25) is 0 Å². The summed E-state index contributed by atoms with van der Waals surface area (Å²) >= 11 is 0. The molecule has 3 heteroatoms. The molecule has 78 valence electrons. The van der Waals surface area contributed by atoms with Crippen molar-refractivity contribution in [2.75, 3.05) is 19.8 Å². The summed E-state index contributed by atoms with van der Waals surface area (Å²) in [6.07, 6.45) is 1.81. The van der Waals surface area contributed by atoms with Gasteiger partial charge in [-0.1, -0.05) is 0 Å². The molecule has 0 aromatic carbocycles. The third-order valence-corrected chi connectivity index (χ3v) is 2.70. The van der Waals surface area contributed by atoms with Crippen LogP contribution in [0.15, 0.2) is 0 Å². The van der Waals surface area contributed by atoms with Gasteiger partial charge in [0.1, 0.15) is 0 Å². The number of aliphatic hydroxyl groups excluding tert-OH is 1. The lowest BCUT2D eigenvalue weighted by Crippen LogP contribution is -2.35. The van der Waals surface area contributed by atoms with E-state index in [0.29, 0.717) is 12.0 Å². The molecule has 1 fully saturated rings. The molecule has 0 aromatic heterocycles. The summed E-state index contributed by atoms with van der Waals surface area (Å²) in [5, 5.41) is 12.5. The van der Waals surface area contributed by atoms with Crippen molar-refractivity contribution in [3.8, 4) is 0 Å². The van der Waals surface area contributed by atoms with Crippen molar-refractivity contribution in [3.05, 3.63) is 0 Å². The molecule has 1 aliphatic rings. The maximum absolute atomic E-state index is 9.07. The molecule has 1 heterocycles. The van der Waals surface area contributed by atoms with E-state index in [1.807, 2.05) is 6.92 Å². The lowest BCUT2D eigenvalue weighted by atomic mass is 10.0. The fraction of sp³-hybridized carbons (Fsp3) is 1.00. The van der Waals surface area contributed by atoms with E-state index in [4.69, 9.17) is 9.84 Å². The van der Waals surface area contributed by atoms with Crippen molar-refractivity contribution < 1.29 is 9.84 Å². The quantitative estimate of drug-likeness (QED) is 0.668. The summed E-state index contributed by atoms with van der Waals surface area (Å²) in [6.45, 7) is 6.72. The van der Waals surface area contributed by atoms with Gasteiger partial charge in [-0.2, -0.15) is 0 Å². The minimum atomic E-state index is -0.195. The second-order valence-electron chi connectivity index (χ2n) is 4.00. The Morgan fingerprint density at radius 3 is 2.85 bits per heavy atom. The highest BCUT2D eigenvalue weighted by atomic mass is 16.5. The molecular formula is C10H21NO2. The maximum atomic E-state index is 9.07. The molecule has 0 radical (unpaired) electrons. The SMILES string of the molecule is CC(O)CCNC(C)C1CCOC1. The van der Waals surface area contributed by atoms with E-state index in [0.717, 1.165) is 26.2 Å². The zero-order valence-electron chi connectivity index (χ0n) is 8.62. The minimum absolute atomic E-state index is 0.195. The normalized spacial score (nSPS) is 27.5. The standard InChI is InChI=1S/C10H21NO2/c1-8(12)3-5-11-9(2)10-4-6-13-7-10/h8-12H,3-7H2,1-2H3. The van der Waals surface area contributed by atoms with Gasteiger partial charge >= 0.3 is 0 Å². The molecule has 0 aliphatic carbocycles. The number of ether oxygens (including phenoxy) is 1. The average molecular weight is 187 g/mol. The fourth-order valence-corrected chi connectivity index (χ4v) is 1.63. The monoisotopic (exact) mass is 187 g/mol. The van der Waals surface area contributed by atoms with E-state index < -0.39 is 0 Å². The summed E-state index contributed by atoms with van der Waals surface area (Å²) in [6, 6.07) is 0.515. The first-order valence-corrected chi connectivity index (χ1v) is 5.19. The van der Waals surface area contributed by atoms with Crippen LogP contribution in [-0.2, 0) is 4.74 Å². The first kappa shape index (κ1) is 11.0. The smallest absolute Gasteiger partial charge is 0.0524 e. The summed E-state index contributed by atoms with van der Waals surface area (Å²) in [4.78, 5) is 0. The van der Waals surface area contributed by atoms with Crippen LogP contribution in [0, 0.1) is 5.92 Å². The second-order valence-corrected chi connectivity index (χ2v) is 4.00. The van der Waals surface area contributed by atoms with Crippen molar-refractivity contribution in [2.24, 2.45) is 5.92 Å². The van der Waals surface area contributed by atoms with Crippen LogP contribution in [0.3, 0.4) is 0 Å². The van der Waals surface area contributed by atoms with Gasteiger partial charge in [-0.25, -0.2) is 0 Å². The van der Waals surface area contributed by atoms with Crippen molar-refractivity contribution in [3.63, 3.8) is 0 Å². The van der Waals surface area contributed by atoms with E-state index in [1.54, 1.807) is 0 Å². The topological polar surface area (TPSA) is 41.5 Å². The summed E-state index contributed by atoms with van der Waals surface area (Å²) < 4.78 is 5.32. The highest BCUT2D eigenvalue weighted by Gasteiger charge is 2.21. The van der Waals surface area contributed by atoms with Gasteiger partial charge in [0.25, 0.3) is 0 Å². The Morgan fingerprint density at radius 1 is 1.54 bits per heavy atom. The molecule has 3 unspecified atom stereocenters. The fourth-order valence-electron chi connectivity index (χ4n) is 1.63. The first-order chi connectivity index (χ1) is 6.20. The molecule has 1 aliphatic heterocycles. The van der Waals surface area contributed by atoms with Crippen LogP contribution in [0.2, 0.25) is 0 Å². The zero-order chi connectivity index (χ0) is 9.68. The predicted octanol–water partition coefficient (Wildman–Crippen LogP) is 0.772. The molecule has 0 spiro atoms. The lowest BCUT2D eigenvalue weighted by molar-refractivity contribution is 0.170. The lowest BCUT2D eigenvalue weighted by Gasteiger charge is -2.19.